The average molecular weight is 230 g/mol. The van der Waals surface area contributed by atoms with Gasteiger partial charge in [-0.1, -0.05) is 43.3 Å². The molecular formula is C15H15FO. The van der Waals surface area contributed by atoms with Gasteiger partial charge in [0.05, 0.1) is 0 Å². The van der Waals surface area contributed by atoms with Crippen LogP contribution in [-0.4, -0.2) is 11.7 Å². The van der Waals surface area contributed by atoms with Crippen LogP contribution in [0.15, 0.2) is 48.5 Å². The second kappa shape index (κ2) is 5.11. The number of aliphatic hydroxyl groups is 1. The normalized spacial score (nSPS) is 12.4. The summed E-state index contributed by atoms with van der Waals surface area (Å²) in [5.74, 6) is -0.205. The zero-order chi connectivity index (χ0) is 12.3. The highest BCUT2D eigenvalue weighted by Crippen LogP contribution is 2.26. The molecule has 2 heteroatoms. The molecular weight excluding hydrogens is 215 g/mol. The van der Waals surface area contributed by atoms with E-state index in [1.165, 1.54) is 6.07 Å². The van der Waals surface area contributed by atoms with Crippen molar-refractivity contribution in [1.29, 1.82) is 0 Å². The van der Waals surface area contributed by atoms with Gasteiger partial charge in [-0.05, 0) is 23.3 Å². The van der Waals surface area contributed by atoms with E-state index >= 15 is 0 Å². The summed E-state index contributed by atoms with van der Waals surface area (Å²) in [5, 5.41) is 9.13. The lowest BCUT2D eigenvalue weighted by Crippen LogP contribution is -1.99. The molecule has 0 spiro atoms. The first kappa shape index (κ1) is 11.8. The van der Waals surface area contributed by atoms with Crippen molar-refractivity contribution in [3.63, 3.8) is 0 Å². The molecule has 0 radical (unpaired) electrons. The number of aliphatic hydroxyl groups excluding tert-OH is 1. The number of rotatable bonds is 3. The molecule has 0 heterocycles. The first-order valence-corrected chi connectivity index (χ1v) is 5.68. The number of hydrogen-bond donors (Lipinski definition) is 1. The summed E-state index contributed by atoms with van der Waals surface area (Å²) in [4.78, 5) is 0. The van der Waals surface area contributed by atoms with E-state index in [9.17, 15) is 4.39 Å². The van der Waals surface area contributed by atoms with Gasteiger partial charge in [-0.15, -0.1) is 0 Å². The molecule has 0 amide bonds. The van der Waals surface area contributed by atoms with E-state index in [0.717, 1.165) is 11.1 Å². The summed E-state index contributed by atoms with van der Waals surface area (Å²) in [6.07, 6.45) is 0. The van der Waals surface area contributed by atoms with Gasteiger partial charge in [-0.2, -0.15) is 0 Å². The SMILES string of the molecule is CC(CO)c1ccc(F)c(-c2ccccc2)c1. The fourth-order valence-electron chi connectivity index (χ4n) is 1.79. The predicted molar refractivity (Wildman–Crippen MR) is 67.3 cm³/mol. The van der Waals surface area contributed by atoms with Crippen LogP contribution in [0.3, 0.4) is 0 Å². The van der Waals surface area contributed by atoms with Gasteiger partial charge in [0.2, 0.25) is 0 Å². The highest BCUT2D eigenvalue weighted by atomic mass is 19.1. The minimum Gasteiger partial charge on any atom is -0.396 e. The second-order valence-electron chi connectivity index (χ2n) is 4.19. The van der Waals surface area contributed by atoms with Crippen molar-refractivity contribution in [2.75, 3.05) is 6.61 Å². The standard InChI is InChI=1S/C15H15FO/c1-11(10-17)13-7-8-15(16)14(9-13)12-5-3-2-4-6-12/h2-9,11,17H,10H2,1H3. The lowest BCUT2D eigenvalue weighted by molar-refractivity contribution is 0.273. The Balaban J connectivity index is 2.47. The molecule has 0 bridgehead atoms. The molecule has 0 fully saturated rings. The van der Waals surface area contributed by atoms with Crippen LogP contribution < -0.4 is 0 Å². The largest absolute Gasteiger partial charge is 0.396 e. The van der Waals surface area contributed by atoms with Crippen LogP contribution in [0, 0.1) is 5.82 Å². The van der Waals surface area contributed by atoms with Crippen LogP contribution >= 0.6 is 0 Å². The average Bonchev–Trinajstić information content (AvgIpc) is 2.39. The van der Waals surface area contributed by atoms with Crippen LogP contribution in [0.5, 0.6) is 0 Å². The molecule has 88 valence electrons. The molecule has 1 unspecified atom stereocenters. The van der Waals surface area contributed by atoms with Gasteiger partial charge in [-0.25, -0.2) is 4.39 Å². The van der Waals surface area contributed by atoms with Gasteiger partial charge < -0.3 is 5.11 Å². The molecule has 0 aromatic heterocycles. The molecule has 0 aliphatic carbocycles. The molecule has 2 aromatic carbocycles. The third kappa shape index (κ3) is 2.53. The Bertz CT molecular complexity index is 494. The third-order valence-corrected chi connectivity index (χ3v) is 2.92. The third-order valence-electron chi connectivity index (χ3n) is 2.92. The van der Waals surface area contributed by atoms with Gasteiger partial charge >= 0.3 is 0 Å². The monoisotopic (exact) mass is 230 g/mol. The molecule has 0 saturated carbocycles. The fraction of sp³-hybridized carbons (Fsp3) is 0.200. The van der Waals surface area contributed by atoms with Crippen molar-refractivity contribution in [3.8, 4) is 11.1 Å². The van der Waals surface area contributed by atoms with Crippen molar-refractivity contribution in [1.82, 2.24) is 0 Å². The minimum absolute atomic E-state index is 0.0260. The molecule has 0 aliphatic heterocycles. The summed E-state index contributed by atoms with van der Waals surface area (Å²) in [6.45, 7) is 1.99. The maximum absolute atomic E-state index is 13.8. The summed E-state index contributed by atoms with van der Waals surface area (Å²) in [5.41, 5.74) is 2.40. The van der Waals surface area contributed by atoms with E-state index in [1.54, 1.807) is 6.07 Å². The minimum atomic E-state index is -0.231. The molecule has 0 saturated heterocycles. The first-order chi connectivity index (χ1) is 8.22. The smallest absolute Gasteiger partial charge is 0.131 e. The second-order valence-corrected chi connectivity index (χ2v) is 4.19. The van der Waals surface area contributed by atoms with E-state index in [1.807, 2.05) is 43.3 Å². The first-order valence-electron chi connectivity index (χ1n) is 5.68. The van der Waals surface area contributed by atoms with E-state index in [2.05, 4.69) is 0 Å². The van der Waals surface area contributed by atoms with Gasteiger partial charge in [0.1, 0.15) is 5.82 Å². The van der Waals surface area contributed by atoms with Crippen LogP contribution in [0.25, 0.3) is 11.1 Å². The number of benzene rings is 2. The van der Waals surface area contributed by atoms with Crippen LogP contribution in [0.2, 0.25) is 0 Å². The van der Waals surface area contributed by atoms with Crippen molar-refractivity contribution < 1.29 is 9.50 Å². The van der Waals surface area contributed by atoms with Crippen molar-refractivity contribution >= 4 is 0 Å². The molecule has 17 heavy (non-hydrogen) atoms. The Morgan fingerprint density at radius 1 is 1.12 bits per heavy atom. The Kier molecular flexibility index (Phi) is 3.55. The van der Waals surface area contributed by atoms with Gasteiger partial charge in [0, 0.05) is 18.1 Å². The Morgan fingerprint density at radius 2 is 1.82 bits per heavy atom. The van der Waals surface area contributed by atoms with E-state index in [-0.39, 0.29) is 18.3 Å². The predicted octanol–water partition coefficient (Wildman–Crippen LogP) is 3.59. The molecule has 2 aromatic rings. The maximum Gasteiger partial charge on any atom is 0.131 e. The van der Waals surface area contributed by atoms with Crippen LogP contribution in [-0.2, 0) is 0 Å². The molecule has 2 rings (SSSR count). The fourth-order valence-corrected chi connectivity index (χ4v) is 1.79. The zero-order valence-electron chi connectivity index (χ0n) is 9.73. The molecule has 0 aliphatic rings. The topological polar surface area (TPSA) is 20.2 Å². The van der Waals surface area contributed by atoms with E-state index in [0.29, 0.717) is 5.56 Å². The Labute approximate surface area is 101 Å². The van der Waals surface area contributed by atoms with Gasteiger partial charge in [-0.3, -0.25) is 0 Å². The molecule has 1 atom stereocenters. The van der Waals surface area contributed by atoms with Crippen LogP contribution in [0.4, 0.5) is 4.39 Å². The number of halogens is 1. The maximum atomic E-state index is 13.8. The summed E-state index contributed by atoms with van der Waals surface area (Å²) in [6, 6.07) is 14.4. The molecule has 1 nitrogen and oxygen atoms in total. The highest BCUT2D eigenvalue weighted by molar-refractivity contribution is 5.65. The molecule has 1 N–H and O–H groups in total. The van der Waals surface area contributed by atoms with E-state index < -0.39 is 0 Å². The van der Waals surface area contributed by atoms with Crippen molar-refractivity contribution in [3.05, 3.63) is 59.9 Å². The van der Waals surface area contributed by atoms with E-state index in [4.69, 9.17) is 5.11 Å². The van der Waals surface area contributed by atoms with Crippen molar-refractivity contribution in [2.45, 2.75) is 12.8 Å². The zero-order valence-corrected chi connectivity index (χ0v) is 9.73. The quantitative estimate of drug-likeness (QED) is 0.854. The van der Waals surface area contributed by atoms with Gasteiger partial charge in [0.25, 0.3) is 0 Å². The van der Waals surface area contributed by atoms with Crippen LogP contribution in [0.1, 0.15) is 18.4 Å². The lowest BCUT2D eigenvalue weighted by atomic mass is 9.96. The van der Waals surface area contributed by atoms with Crippen molar-refractivity contribution in [2.24, 2.45) is 0 Å². The summed E-state index contributed by atoms with van der Waals surface area (Å²) >= 11 is 0. The lowest BCUT2D eigenvalue weighted by Gasteiger charge is -2.11. The highest BCUT2D eigenvalue weighted by Gasteiger charge is 2.09. The Morgan fingerprint density at radius 3 is 2.47 bits per heavy atom. The summed E-state index contributed by atoms with van der Waals surface area (Å²) in [7, 11) is 0. The van der Waals surface area contributed by atoms with Gasteiger partial charge in [0.15, 0.2) is 0 Å². The Hall–Kier alpha value is -1.67. The summed E-state index contributed by atoms with van der Waals surface area (Å²) < 4.78 is 13.8. The number of hydrogen-bond acceptors (Lipinski definition) is 1.